The van der Waals surface area contributed by atoms with Crippen LogP contribution < -0.4 is 4.90 Å². The quantitative estimate of drug-likeness (QED) is 0.547. The van der Waals surface area contributed by atoms with Crippen LogP contribution in [0.4, 0.5) is 19.0 Å². The van der Waals surface area contributed by atoms with Gasteiger partial charge in [0.25, 0.3) is 0 Å². The lowest BCUT2D eigenvalue weighted by atomic mass is 10.1. The first-order chi connectivity index (χ1) is 16.2. The standard InChI is InChI=1S/C25H28F3N5O/c1-18-22(19(2)33(30-18)21-7-4-3-5-8-21)10-12-24(34)32-14-6-13-31(15-16-32)23-11-9-20(17-29-23)25(26,27)28/h3-5,7-9,11,17H,6,10,12-16H2,1-2H3. The van der Waals surface area contributed by atoms with Crippen LogP contribution >= 0.6 is 0 Å². The fourth-order valence-electron chi connectivity index (χ4n) is 4.38. The maximum atomic E-state index is 13.0. The zero-order valence-corrected chi connectivity index (χ0v) is 19.3. The van der Waals surface area contributed by atoms with E-state index in [2.05, 4.69) is 10.1 Å². The van der Waals surface area contributed by atoms with Gasteiger partial charge in [-0.05, 0) is 56.5 Å². The Labute approximate surface area is 197 Å². The number of rotatable bonds is 5. The largest absolute Gasteiger partial charge is 0.417 e. The summed E-state index contributed by atoms with van der Waals surface area (Å²) < 4.78 is 40.3. The van der Waals surface area contributed by atoms with E-state index in [0.29, 0.717) is 44.8 Å². The zero-order chi connectivity index (χ0) is 24.3. The Morgan fingerprint density at radius 2 is 1.76 bits per heavy atom. The summed E-state index contributed by atoms with van der Waals surface area (Å²) in [5.41, 5.74) is 3.27. The van der Waals surface area contributed by atoms with Gasteiger partial charge in [0.1, 0.15) is 5.82 Å². The lowest BCUT2D eigenvalue weighted by Gasteiger charge is -2.23. The van der Waals surface area contributed by atoms with Crippen LogP contribution in [0.2, 0.25) is 0 Å². The number of para-hydroxylation sites is 1. The zero-order valence-electron chi connectivity index (χ0n) is 19.3. The number of benzene rings is 1. The molecule has 3 heterocycles. The van der Waals surface area contributed by atoms with Crippen molar-refractivity contribution >= 4 is 11.7 Å². The molecular formula is C25H28F3N5O. The van der Waals surface area contributed by atoms with Crippen molar-refractivity contribution in [1.29, 1.82) is 0 Å². The number of anilines is 1. The van der Waals surface area contributed by atoms with E-state index in [0.717, 1.165) is 41.3 Å². The van der Waals surface area contributed by atoms with E-state index >= 15 is 0 Å². The molecule has 1 amide bonds. The van der Waals surface area contributed by atoms with Crippen molar-refractivity contribution in [2.45, 2.75) is 39.3 Å². The molecule has 1 saturated heterocycles. The molecule has 0 atom stereocenters. The molecule has 1 fully saturated rings. The fourth-order valence-corrected chi connectivity index (χ4v) is 4.38. The number of hydrogen-bond donors (Lipinski definition) is 0. The summed E-state index contributed by atoms with van der Waals surface area (Å²) in [5.74, 6) is 0.579. The van der Waals surface area contributed by atoms with Gasteiger partial charge >= 0.3 is 6.18 Å². The van der Waals surface area contributed by atoms with E-state index < -0.39 is 11.7 Å². The molecule has 6 nitrogen and oxygen atoms in total. The van der Waals surface area contributed by atoms with Crippen LogP contribution in [0.15, 0.2) is 48.7 Å². The van der Waals surface area contributed by atoms with Gasteiger partial charge in [-0.2, -0.15) is 18.3 Å². The third-order valence-electron chi connectivity index (χ3n) is 6.28. The highest BCUT2D eigenvalue weighted by Crippen LogP contribution is 2.29. The average Bonchev–Trinajstić information content (AvgIpc) is 2.98. The maximum Gasteiger partial charge on any atom is 0.417 e. The lowest BCUT2D eigenvalue weighted by molar-refractivity contribution is -0.137. The third kappa shape index (κ3) is 5.24. The number of aryl methyl sites for hydroxylation is 1. The molecule has 0 unspecified atom stereocenters. The van der Waals surface area contributed by atoms with Gasteiger partial charge < -0.3 is 9.80 Å². The molecule has 0 aliphatic carbocycles. The summed E-state index contributed by atoms with van der Waals surface area (Å²) in [6.45, 7) is 6.30. The van der Waals surface area contributed by atoms with Gasteiger partial charge in [-0.15, -0.1) is 0 Å². The van der Waals surface area contributed by atoms with Crippen molar-refractivity contribution in [2.75, 3.05) is 31.1 Å². The van der Waals surface area contributed by atoms with Gasteiger partial charge in [0.2, 0.25) is 5.91 Å². The Bertz CT molecular complexity index is 1130. The first-order valence-corrected chi connectivity index (χ1v) is 11.4. The monoisotopic (exact) mass is 471 g/mol. The van der Waals surface area contributed by atoms with Gasteiger partial charge in [-0.3, -0.25) is 4.79 Å². The molecule has 0 spiro atoms. The van der Waals surface area contributed by atoms with Crippen LogP contribution in [0.25, 0.3) is 5.69 Å². The van der Waals surface area contributed by atoms with E-state index in [9.17, 15) is 18.0 Å². The average molecular weight is 472 g/mol. The minimum atomic E-state index is -4.40. The highest BCUT2D eigenvalue weighted by Gasteiger charge is 2.31. The smallest absolute Gasteiger partial charge is 0.355 e. The number of halogens is 3. The molecule has 3 aromatic rings. The normalized spacial score (nSPS) is 14.9. The van der Waals surface area contributed by atoms with Crippen LogP contribution in [0, 0.1) is 13.8 Å². The summed E-state index contributed by atoms with van der Waals surface area (Å²) in [4.78, 5) is 20.7. The van der Waals surface area contributed by atoms with Gasteiger partial charge in [-0.25, -0.2) is 9.67 Å². The number of pyridine rings is 1. The maximum absolute atomic E-state index is 13.0. The number of carbonyl (C=O) groups is 1. The molecule has 0 bridgehead atoms. The number of hydrogen-bond acceptors (Lipinski definition) is 4. The molecular weight excluding hydrogens is 443 g/mol. The van der Waals surface area contributed by atoms with Gasteiger partial charge in [0.05, 0.1) is 16.9 Å². The molecule has 180 valence electrons. The topological polar surface area (TPSA) is 54.3 Å². The van der Waals surface area contributed by atoms with Crippen molar-refractivity contribution in [3.63, 3.8) is 0 Å². The van der Waals surface area contributed by atoms with Crippen molar-refractivity contribution < 1.29 is 18.0 Å². The fraction of sp³-hybridized carbons (Fsp3) is 0.400. The third-order valence-corrected chi connectivity index (χ3v) is 6.28. The SMILES string of the molecule is Cc1nn(-c2ccccc2)c(C)c1CCC(=O)N1CCCN(c2ccc(C(F)(F)F)cn2)CC1. The van der Waals surface area contributed by atoms with Crippen molar-refractivity contribution in [3.05, 3.63) is 71.2 Å². The van der Waals surface area contributed by atoms with Crippen LogP contribution in [0.3, 0.4) is 0 Å². The van der Waals surface area contributed by atoms with Crippen LogP contribution in [0.5, 0.6) is 0 Å². The number of nitrogens with zero attached hydrogens (tertiary/aromatic N) is 5. The lowest BCUT2D eigenvalue weighted by Crippen LogP contribution is -2.35. The molecule has 2 aromatic heterocycles. The summed E-state index contributed by atoms with van der Waals surface area (Å²) >= 11 is 0. The number of carbonyl (C=O) groups excluding carboxylic acids is 1. The molecule has 0 saturated carbocycles. The Morgan fingerprint density at radius 1 is 1.00 bits per heavy atom. The highest BCUT2D eigenvalue weighted by molar-refractivity contribution is 5.76. The van der Waals surface area contributed by atoms with Gasteiger partial charge in [0.15, 0.2) is 0 Å². The minimum absolute atomic E-state index is 0.0773. The first-order valence-electron chi connectivity index (χ1n) is 11.4. The summed E-state index contributed by atoms with van der Waals surface area (Å²) in [6, 6.07) is 12.4. The summed E-state index contributed by atoms with van der Waals surface area (Å²) in [6.07, 6.45) is -1.80. The van der Waals surface area contributed by atoms with Crippen LogP contribution in [-0.4, -0.2) is 51.8 Å². The number of alkyl halides is 3. The van der Waals surface area contributed by atoms with Crippen LogP contribution in [0.1, 0.15) is 35.4 Å². The second-order valence-electron chi connectivity index (χ2n) is 8.52. The Kier molecular flexibility index (Phi) is 6.90. The van der Waals surface area contributed by atoms with E-state index in [1.807, 2.05) is 58.7 Å². The van der Waals surface area contributed by atoms with Crippen molar-refractivity contribution in [1.82, 2.24) is 19.7 Å². The van der Waals surface area contributed by atoms with E-state index in [4.69, 9.17) is 0 Å². The number of aromatic nitrogens is 3. The summed E-state index contributed by atoms with van der Waals surface area (Å²) in [7, 11) is 0. The van der Waals surface area contributed by atoms with E-state index in [-0.39, 0.29) is 5.91 Å². The molecule has 1 aliphatic heterocycles. The van der Waals surface area contributed by atoms with Crippen LogP contribution in [-0.2, 0) is 17.4 Å². The molecule has 0 N–H and O–H groups in total. The summed E-state index contributed by atoms with van der Waals surface area (Å²) in [5, 5.41) is 4.66. The predicted molar refractivity (Wildman–Crippen MR) is 124 cm³/mol. The molecule has 9 heteroatoms. The molecule has 1 aromatic carbocycles. The highest BCUT2D eigenvalue weighted by atomic mass is 19.4. The first kappa shape index (κ1) is 23.8. The molecule has 34 heavy (non-hydrogen) atoms. The minimum Gasteiger partial charge on any atom is -0.355 e. The number of amides is 1. The van der Waals surface area contributed by atoms with E-state index in [1.54, 1.807) is 0 Å². The van der Waals surface area contributed by atoms with Gasteiger partial charge in [0, 0.05) is 44.5 Å². The second-order valence-corrected chi connectivity index (χ2v) is 8.52. The molecule has 0 radical (unpaired) electrons. The molecule has 1 aliphatic rings. The molecule has 4 rings (SSSR count). The Morgan fingerprint density at radius 3 is 2.44 bits per heavy atom. The Hall–Kier alpha value is -3.36. The Balaban J connectivity index is 1.36. The predicted octanol–water partition coefficient (Wildman–Crippen LogP) is 4.57. The second kappa shape index (κ2) is 9.87. The van der Waals surface area contributed by atoms with Gasteiger partial charge in [-0.1, -0.05) is 18.2 Å². The van der Waals surface area contributed by atoms with E-state index in [1.165, 1.54) is 6.07 Å². The van der Waals surface area contributed by atoms with Crippen molar-refractivity contribution in [3.8, 4) is 5.69 Å². The van der Waals surface area contributed by atoms with Crippen molar-refractivity contribution in [2.24, 2.45) is 0 Å².